The molecular weight excluding hydrogens is 476 g/mol. The third-order valence-electron chi connectivity index (χ3n) is 5.10. The molecule has 4 rings (SSSR count). The number of ether oxygens (including phenoxy) is 1. The lowest BCUT2D eigenvalue weighted by molar-refractivity contribution is 0.236. The van der Waals surface area contributed by atoms with E-state index in [1.54, 1.807) is 37.4 Å². The van der Waals surface area contributed by atoms with Crippen molar-refractivity contribution in [1.82, 2.24) is 14.5 Å². The van der Waals surface area contributed by atoms with Crippen LogP contribution in [-0.4, -0.2) is 35.0 Å². The van der Waals surface area contributed by atoms with Gasteiger partial charge in [-0.25, -0.2) is 18.7 Å². The Kier molecular flexibility index (Phi) is 6.64. The zero-order chi connectivity index (χ0) is 25.3. The molecule has 2 heterocycles. The summed E-state index contributed by atoms with van der Waals surface area (Å²) in [5, 5.41) is 6.27. The Morgan fingerprint density at radius 3 is 2.60 bits per heavy atom. The van der Waals surface area contributed by atoms with Crippen molar-refractivity contribution in [1.29, 1.82) is 0 Å². The number of hydrogen-bond donors (Lipinski definition) is 2. The van der Waals surface area contributed by atoms with Crippen LogP contribution in [0.25, 0.3) is 11.1 Å². The van der Waals surface area contributed by atoms with E-state index in [1.807, 2.05) is 6.92 Å². The van der Waals surface area contributed by atoms with Gasteiger partial charge < -0.3 is 24.3 Å². The molecule has 0 unspecified atom stereocenters. The Morgan fingerprint density at radius 2 is 1.89 bits per heavy atom. The fourth-order valence-corrected chi connectivity index (χ4v) is 3.70. The molecule has 0 saturated heterocycles. The maximum Gasteiger partial charge on any atom is 0.421 e. The molecule has 0 amide bonds. The third-order valence-corrected chi connectivity index (χ3v) is 5.83. The predicted molar refractivity (Wildman–Crippen MR) is 132 cm³/mol. The number of nitrogens with zero attached hydrogens (tertiary/aromatic N) is 3. The van der Waals surface area contributed by atoms with Gasteiger partial charge in [0, 0.05) is 42.5 Å². The summed E-state index contributed by atoms with van der Waals surface area (Å²) in [6, 6.07) is 8.26. The molecule has 12 heteroatoms. The van der Waals surface area contributed by atoms with Crippen LogP contribution in [0.3, 0.4) is 0 Å². The summed E-state index contributed by atoms with van der Waals surface area (Å²) in [7, 11) is -1.39. The van der Waals surface area contributed by atoms with Crippen LogP contribution in [0.15, 0.2) is 45.7 Å². The molecule has 2 aromatic heterocycles. The highest BCUT2D eigenvalue weighted by molar-refractivity contribution is 7.57. The second-order valence-electron chi connectivity index (χ2n) is 8.27. The molecule has 0 spiro atoms. The van der Waals surface area contributed by atoms with E-state index in [9.17, 15) is 13.8 Å². The summed E-state index contributed by atoms with van der Waals surface area (Å²) in [6.07, 6.45) is 1.64. The highest BCUT2D eigenvalue weighted by atomic mass is 31.2. The van der Waals surface area contributed by atoms with Crippen molar-refractivity contribution in [3.63, 3.8) is 0 Å². The van der Waals surface area contributed by atoms with E-state index in [1.165, 1.54) is 31.1 Å². The van der Waals surface area contributed by atoms with Crippen LogP contribution >= 0.6 is 7.37 Å². The maximum absolute atomic E-state index is 14.1. The lowest BCUT2D eigenvalue weighted by Gasteiger charge is -2.13. The second-order valence-corrected chi connectivity index (χ2v) is 11.0. The minimum Gasteiger partial charge on any atom is -0.494 e. The smallest absolute Gasteiger partial charge is 0.421 e. The Bertz CT molecular complexity index is 1510. The number of halogens is 1. The van der Waals surface area contributed by atoms with Crippen LogP contribution < -0.4 is 21.1 Å². The number of nitrogens with one attached hydrogen (secondary N) is 2. The number of oxazole rings is 1. The molecule has 0 saturated carbocycles. The molecule has 0 bridgehead atoms. The monoisotopic (exact) mass is 501 g/mol. The molecule has 4 aromatic rings. The molecule has 184 valence electrons. The van der Waals surface area contributed by atoms with Gasteiger partial charge in [-0.3, -0.25) is 4.57 Å². The van der Waals surface area contributed by atoms with Crippen molar-refractivity contribution < 1.29 is 22.6 Å². The van der Waals surface area contributed by atoms with Gasteiger partial charge in [-0.05, 0) is 43.7 Å². The van der Waals surface area contributed by atoms with Crippen molar-refractivity contribution in [2.45, 2.75) is 20.6 Å². The quantitative estimate of drug-likeness (QED) is 0.316. The molecule has 0 radical (unpaired) electrons. The van der Waals surface area contributed by atoms with Gasteiger partial charge >= 0.3 is 5.76 Å². The first-order valence-electron chi connectivity index (χ1n) is 10.6. The van der Waals surface area contributed by atoms with Gasteiger partial charge in [-0.15, -0.1) is 0 Å². The summed E-state index contributed by atoms with van der Waals surface area (Å²) < 4.78 is 42.9. The maximum atomic E-state index is 14.1. The summed E-state index contributed by atoms with van der Waals surface area (Å²) in [5.74, 6) is -0.107. The average Bonchev–Trinajstić information content (AvgIpc) is 3.10. The van der Waals surface area contributed by atoms with Crippen molar-refractivity contribution in [3.05, 3.63) is 64.0 Å². The van der Waals surface area contributed by atoms with E-state index in [4.69, 9.17) is 13.7 Å². The first kappa shape index (κ1) is 24.4. The van der Waals surface area contributed by atoms with E-state index < -0.39 is 18.9 Å². The zero-order valence-electron chi connectivity index (χ0n) is 19.9. The lowest BCUT2D eigenvalue weighted by atomic mass is 10.2. The van der Waals surface area contributed by atoms with Gasteiger partial charge in [0.1, 0.15) is 12.5 Å². The molecule has 10 nitrogen and oxygen atoms in total. The van der Waals surface area contributed by atoms with Gasteiger partial charge in [0.2, 0.25) is 5.95 Å². The number of aromatic nitrogens is 3. The van der Waals surface area contributed by atoms with Crippen LogP contribution in [0, 0.1) is 19.7 Å². The first-order chi connectivity index (χ1) is 16.5. The molecule has 2 N–H and O–H groups in total. The van der Waals surface area contributed by atoms with Crippen LogP contribution in [-0.2, 0) is 15.8 Å². The standard InChI is InChI=1S/C23H25FN5O5P/c1-13-8-16(10-19(32-3)20(13)24)27-22-25-11-14(2)21(28-22)26-15-6-7-18-17(9-15)29(23(30)34-18)12-33-35(4,5)31/h6-11H,12H2,1-5H3,(H2,25,26,27,28). The predicted octanol–water partition coefficient (Wildman–Crippen LogP) is 5.15. The highest BCUT2D eigenvalue weighted by Gasteiger charge is 2.15. The molecule has 35 heavy (non-hydrogen) atoms. The fourth-order valence-electron chi connectivity index (χ4n) is 3.31. The average molecular weight is 501 g/mol. The van der Waals surface area contributed by atoms with Crippen molar-refractivity contribution in [2.75, 3.05) is 31.1 Å². The Hall–Kier alpha value is -3.69. The molecule has 0 fully saturated rings. The highest BCUT2D eigenvalue weighted by Crippen LogP contribution is 2.37. The Labute approximate surface area is 200 Å². The summed E-state index contributed by atoms with van der Waals surface area (Å²) in [6.45, 7) is 6.24. The van der Waals surface area contributed by atoms with E-state index in [-0.39, 0.29) is 12.5 Å². The van der Waals surface area contributed by atoms with Crippen LogP contribution in [0.4, 0.5) is 27.5 Å². The van der Waals surface area contributed by atoms with Gasteiger partial charge in [-0.1, -0.05) is 0 Å². The first-order valence-corrected chi connectivity index (χ1v) is 13.1. The number of rotatable bonds is 8. The normalized spacial score (nSPS) is 11.6. The van der Waals surface area contributed by atoms with Gasteiger partial charge in [0.25, 0.3) is 0 Å². The zero-order valence-corrected chi connectivity index (χ0v) is 20.8. The third kappa shape index (κ3) is 5.52. The van der Waals surface area contributed by atoms with Crippen LogP contribution in [0.5, 0.6) is 5.75 Å². The van der Waals surface area contributed by atoms with Crippen molar-refractivity contribution in [2.24, 2.45) is 0 Å². The summed E-state index contributed by atoms with van der Waals surface area (Å²) in [4.78, 5) is 21.1. The van der Waals surface area contributed by atoms with E-state index in [0.29, 0.717) is 39.8 Å². The molecule has 0 aliphatic carbocycles. The molecule has 2 aromatic carbocycles. The van der Waals surface area contributed by atoms with Gasteiger partial charge in [0.15, 0.2) is 24.5 Å². The van der Waals surface area contributed by atoms with E-state index >= 15 is 0 Å². The van der Waals surface area contributed by atoms with Crippen LogP contribution in [0.1, 0.15) is 11.1 Å². The van der Waals surface area contributed by atoms with Gasteiger partial charge in [-0.2, -0.15) is 4.98 Å². The molecule has 0 aliphatic rings. The number of hydrogen-bond acceptors (Lipinski definition) is 9. The number of benzene rings is 2. The second kappa shape index (κ2) is 9.52. The summed E-state index contributed by atoms with van der Waals surface area (Å²) in [5.41, 5.74) is 3.25. The minimum absolute atomic E-state index is 0.115. The van der Waals surface area contributed by atoms with Gasteiger partial charge in [0.05, 0.1) is 12.6 Å². The van der Waals surface area contributed by atoms with Crippen molar-refractivity contribution in [3.8, 4) is 5.75 Å². The van der Waals surface area contributed by atoms with Crippen molar-refractivity contribution >= 4 is 41.6 Å². The van der Waals surface area contributed by atoms with E-state index in [0.717, 1.165) is 5.56 Å². The fraction of sp³-hybridized carbons (Fsp3) is 0.261. The minimum atomic E-state index is -2.79. The number of aryl methyl sites for hydroxylation is 2. The van der Waals surface area contributed by atoms with E-state index in [2.05, 4.69) is 20.6 Å². The number of anilines is 4. The molecular formula is C23H25FN5O5P. The lowest BCUT2D eigenvalue weighted by Crippen LogP contribution is -2.15. The number of fused-ring (bicyclic) bond motifs is 1. The Balaban J connectivity index is 1.61. The van der Waals surface area contributed by atoms with Crippen LogP contribution in [0.2, 0.25) is 0 Å². The largest absolute Gasteiger partial charge is 0.494 e. The summed E-state index contributed by atoms with van der Waals surface area (Å²) >= 11 is 0. The molecule has 0 aliphatic heterocycles. The topological polar surface area (TPSA) is 121 Å². The number of methoxy groups -OCH3 is 1. The molecule has 0 atom stereocenters. The SMILES string of the molecule is COc1cc(Nc2ncc(C)c(Nc3ccc4oc(=O)n(COP(C)(C)=O)c4c3)n2)cc(C)c1F. The Morgan fingerprint density at radius 1 is 1.11 bits per heavy atom.